The third-order valence-electron chi connectivity index (χ3n) is 3.36. The maximum Gasteiger partial charge on any atom is 0.321 e. The zero-order valence-corrected chi connectivity index (χ0v) is 10.1. The minimum atomic E-state index is -0.636. The van der Waals surface area contributed by atoms with Crippen LogP contribution in [0, 0.1) is 11.8 Å². The molecule has 0 spiro atoms. The maximum atomic E-state index is 11.2. The van der Waals surface area contributed by atoms with Crippen LogP contribution in [0.25, 0.3) is 0 Å². The second-order valence-electron chi connectivity index (χ2n) is 4.72. The highest BCUT2D eigenvalue weighted by Gasteiger charge is 2.39. The van der Waals surface area contributed by atoms with E-state index in [9.17, 15) is 9.90 Å². The number of hydrogen-bond donors (Lipinski definition) is 1. The third-order valence-corrected chi connectivity index (χ3v) is 3.36. The highest BCUT2D eigenvalue weighted by molar-refractivity contribution is 5.74. The van der Waals surface area contributed by atoms with Crippen molar-refractivity contribution in [3.05, 3.63) is 0 Å². The maximum absolute atomic E-state index is 11.2. The number of hydrogen-bond acceptors (Lipinski definition) is 2. The first-order valence-electron chi connectivity index (χ1n) is 6.06. The molecule has 0 aromatic carbocycles. The summed E-state index contributed by atoms with van der Waals surface area (Å²) in [4.78, 5) is 13.3. The van der Waals surface area contributed by atoms with Gasteiger partial charge in [-0.25, -0.2) is 0 Å². The molecule has 88 valence electrons. The Hall–Kier alpha value is -0.570. The molecule has 1 N–H and O–H groups in total. The van der Waals surface area contributed by atoms with Crippen LogP contribution in [0.15, 0.2) is 0 Å². The van der Waals surface area contributed by atoms with Crippen LogP contribution in [0.2, 0.25) is 0 Å². The Labute approximate surface area is 92.5 Å². The van der Waals surface area contributed by atoms with Gasteiger partial charge in [-0.2, -0.15) is 0 Å². The van der Waals surface area contributed by atoms with E-state index in [0.717, 1.165) is 32.4 Å². The van der Waals surface area contributed by atoms with Gasteiger partial charge < -0.3 is 5.11 Å². The van der Waals surface area contributed by atoms with Gasteiger partial charge in [-0.3, -0.25) is 9.69 Å². The van der Waals surface area contributed by atoms with Crippen LogP contribution in [0.5, 0.6) is 0 Å². The summed E-state index contributed by atoms with van der Waals surface area (Å²) in [7, 11) is 0. The third kappa shape index (κ3) is 3.49. The second-order valence-corrected chi connectivity index (χ2v) is 4.72. The van der Waals surface area contributed by atoms with Crippen LogP contribution in [0.1, 0.15) is 40.0 Å². The van der Waals surface area contributed by atoms with Gasteiger partial charge in [0.1, 0.15) is 6.04 Å². The molecule has 2 unspecified atom stereocenters. The number of aliphatic carboxylic acids is 1. The summed E-state index contributed by atoms with van der Waals surface area (Å²) in [5.41, 5.74) is 0. The van der Waals surface area contributed by atoms with Crippen molar-refractivity contribution in [2.45, 2.75) is 46.1 Å². The number of rotatable bonds is 7. The molecule has 0 bridgehead atoms. The molecule has 0 aromatic rings. The summed E-state index contributed by atoms with van der Waals surface area (Å²) in [5, 5.41) is 9.23. The van der Waals surface area contributed by atoms with Crippen molar-refractivity contribution in [3.8, 4) is 0 Å². The average Bonchev–Trinajstić information content (AvgIpc) is 3.00. The fraction of sp³-hybridized carbons (Fsp3) is 0.917. The summed E-state index contributed by atoms with van der Waals surface area (Å²) in [6, 6.07) is -0.232. The van der Waals surface area contributed by atoms with Gasteiger partial charge >= 0.3 is 5.97 Å². The molecule has 0 amide bonds. The summed E-state index contributed by atoms with van der Waals surface area (Å²) in [6.07, 6.45) is 3.30. The van der Waals surface area contributed by atoms with Gasteiger partial charge in [0, 0.05) is 6.54 Å². The Morgan fingerprint density at radius 2 is 2.07 bits per heavy atom. The Morgan fingerprint density at radius 1 is 1.47 bits per heavy atom. The molecule has 3 nitrogen and oxygen atoms in total. The average molecular weight is 213 g/mol. The first-order valence-corrected chi connectivity index (χ1v) is 6.06. The quantitative estimate of drug-likeness (QED) is 0.705. The molecule has 1 fully saturated rings. The summed E-state index contributed by atoms with van der Waals surface area (Å²) in [5.74, 6) is 0.361. The van der Waals surface area contributed by atoms with E-state index in [4.69, 9.17) is 0 Å². The molecule has 0 aliphatic heterocycles. The summed E-state index contributed by atoms with van der Waals surface area (Å²) in [6.45, 7) is 8.17. The lowest BCUT2D eigenvalue weighted by atomic mass is 10.1. The highest BCUT2D eigenvalue weighted by Crippen LogP contribution is 2.35. The molecule has 1 saturated carbocycles. The minimum absolute atomic E-state index is 0.232. The normalized spacial score (nSPS) is 20.3. The van der Waals surface area contributed by atoms with Gasteiger partial charge in [0.25, 0.3) is 0 Å². The molecule has 0 radical (unpaired) electrons. The first-order chi connectivity index (χ1) is 7.10. The molecular weight excluding hydrogens is 190 g/mol. The summed E-state index contributed by atoms with van der Waals surface area (Å²) >= 11 is 0. The van der Waals surface area contributed by atoms with Crippen molar-refractivity contribution in [2.24, 2.45) is 11.8 Å². The molecule has 1 rings (SSSR count). The molecule has 15 heavy (non-hydrogen) atoms. The lowest BCUT2D eigenvalue weighted by Crippen LogP contribution is -2.44. The lowest BCUT2D eigenvalue weighted by molar-refractivity contribution is -0.144. The summed E-state index contributed by atoms with van der Waals surface area (Å²) < 4.78 is 0. The SMILES string of the molecule is CCC(C)CN(CC)C(C(=O)O)C1CC1. The zero-order chi connectivity index (χ0) is 11.4. The van der Waals surface area contributed by atoms with Gasteiger partial charge in [-0.1, -0.05) is 27.2 Å². The molecule has 0 heterocycles. The monoisotopic (exact) mass is 213 g/mol. The predicted octanol–water partition coefficient (Wildman–Crippen LogP) is 2.22. The van der Waals surface area contributed by atoms with Crippen molar-refractivity contribution < 1.29 is 9.90 Å². The van der Waals surface area contributed by atoms with Gasteiger partial charge in [0.05, 0.1) is 0 Å². The van der Waals surface area contributed by atoms with Crippen LogP contribution in [0.4, 0.5) is 0 Å². The topological polar surface area (TPSA) is 40.5 Å². The zero-order valence-electron chi connectivity index (χ0n) is 10.1. The van der Waals surface area contributed by atoms with E-state index in [1.165, 1.54) is 0 Å². The van der Waals surface area contributed by atoms with Gasteiger partial charge in [0.15, 0.2) is 0 Å². The van der Waals surface area contributed by atoms with Crippen LogP contribution in [0.3, 0.4) is 0 Å². The van der Waals surface area contributed by atoms with Crippen LogP contribution >= 0.6 is 0 Å². The number of carboxylic acids is 1. The second kappa shape index (κ2) is 5.50. The van der Waals surface area contributed by atoms with E-state index in [2.05, 4.69) is 25.7 Å². The first kappa shape index (κ1) is 12.5. The Morgan fingerprint density at radius 3 is 2.40 bits per heavy atom. The van der Waals surface area contributed by atoms with Crippen molar-refractivity contribution in [3.63, 3.8) is 0 Å². The van der Waals surface area contributed by atoms with E-state index < -0.39 is 5.97 Å². The van der Waals surface area contributed by atoms with E-state index in [1.54, 1.807) is 0 Å². The highest BCUT2D eigenvalue weighted by atomic mass is 16.4. The molecule has 0 saturated heterocycles. The van der Waals surface area contributed by atoms with Crippen LogP contribution in [-0.4, -0.2) is 35.1 Å². The standard InChI is InChI=1S/C12H23NO2/c1-4-9(3)8-13(5-2)11(12(14)15)10-6-7-10/h9-11H,4-8H2,1-3H3,(H,14,15). The Kier molecular flexibility index (Phi) is 4.58. The predicted molar refractivity (Wildman–Crippen MR) is 60.8 cm³/mol. The Balaban J connectivity index is 2.56. The largest absolute Gasteiger partial charge is 0.480 e. The van der Waals surface area contributed by atoms with Gasteiger partial charge in [-0.05, 0) is 31.2 Å². The van der Waals surface area contributed by atoms with E-state index in [0.29, 0.717) is 11.8 Å². The number of carbonyl (C=O) groups is 1. The molecule has 3 heteroatoms. The Bertz CT molecular complexity index is 214. The number of likely N-dealkylation sites (N-methyl/N-ethyl adjacent to an activating group) is 1. The molecule has 0 aromatic heterocycles. The van der Waals surface area contributed by atoms with Crippen LogP contribution in [-0.2, 0) is 4.79 Å². The van der Waals surface area contributed by atoms with Gasteiger partial charge in [0.2, 0.25) is 0 Å². The van der Waals surface area contributed by atoms with E-state index in [1.807, 2.05) is 0 Å². The van der Waals surface area contributed by atoms with E-state index in [-0.39, 0.29) is 6.04 Å². The molecular formula is C12H23NO2. The van der Waals surface area contributed by atoms with Crippen molar-refractivity contribution in [1.29, 1.82) is 0 Å². The number of nitrogens with zero attached hydrogens (tertiary/aromatic N) is 1. The fourth-order valence-electron chi connectivity index (χ4n) is 2.04. The minimum Gasteiger partial charge on any atom is -0.480 e. The lowest BCUT2D eigenvalue weighted by Gasteiger charge is -2.29. The smallest absolute Gasteiger partial charge is 0.321 e. The van der Waals surface area contributed by atoms with Gasteiger partial charge in [-0.15, -0.1) is 0 Å². The molecule has 1 aliphatic rings. The van der Waals surface area contributed by atoms with Crippen molar-refractivity contribution >= 4 is 5.97 Å². The van der Waals surface area contributed by atoms with Crippen molar-refractivity contribution in [1.82, 2.24) is 4.90 Å². The number of carboxylic acid groups (broad SMARTS) is 1. The van der Waals surface area contributed by atoms with Crippen molar-refractivity contribution in [2.75, 3.05) is 13.1 Å². The molecule has 2 atom stereocenters. The molecule has 1 aliphatic carbocycles. The van der Waals surface area contributed by atoms with Crippen LogP contribution < -0.4 is 0 Å². The fourth-order valence-corrected chi connectivity index (χ4v) is 2.04. The van der Waals surface area contributed by atoms with E-state index >= 15 is 0 Å².